The Morgan fingerprint density at radius 1 is 0.871 bits per heavy atom. The molecule has 0 aromatic rings. The number of aliphatic carboxylic acids is 2. The van der Waals surface area contributed by atoms with Gasteiger partial charge < -0.3 is 31.9 Å². The van der Waals surface area contributed by atoms with Crippen LogP contribution >= 0.6 is 12.6 Å². The number of nitrogens with two attached hydrogens (primary N) is 1. The van der Waals surface area contributed by atoms with Gasteiger partial charge in [0.15, 0.2) is 0 Å². The largest absolute Gasteiger partial charge is 0.481 e. The zero-order valence-electron chi connectivity index (χ0n) is 18.3. The highest BCUT2D eigenvalue weighted by atomic mass is 32.1. The molecule has 0 aliphatic rings. The highest BCUT2D eigenvalue weighted by Gasteiger charge is 2.31. The van der Waals surface area contributed by atoms with Crippen molar-refractivity contribution in [2.24, 2.45) is 17.6 Å². The van der Waals surface area contributed by atoms with Gasteiger partial charge in [-0.25, -0.2) is 4.79 Å². The molecule has 0 aromatic heterocycles. The number of carboxylic acid groups (broad SMARTS) is 2. The SMILES string of the molecule is CCC(C)C(N)C(=O)NC(CS)C(=O)NC(CC(=O)O)C(=O)NC(CC(C)C)C(=O)O. The lowest BCUT2D eigenvalue weighted by molar-refractivity contribution is -0.144. The molecule has 3 amide bonds. The van der Waals surface area contributed by atoms with Gasteiger partial charge in [0.1, 0.15) is 18.1 Å². The van der Waals surface area contributed by atoms with E-state index in [9.17, 15) is 29.1 Å². The molecule has 0 fully saturated rings. The zero-order chi connectivity index (χ0) is 24.3. The summed E-state index contributed by atoms with van der Waals surface area (Å²) in [6.45, 7) is 7.17. The van der Waals surface area contributed by atoms with Crippen LogP contribution in [0.3, 0.4) is 0 Å². The molecule has 0 aromatic carbocycles. The quantitative estimate of drug-likeness (QED) is 0.166. The fourth-order valence-electron chi connectivity index (χ4n) is 2.60. The second kappa shape index (κ2) is 13.9. The molecule has 0 aliphatic heterocycles. The predicted octanol–water partition coefficient (Wildman–Crippen LogP) is -0.651. The number of amides is 3. The highest BCUT2D eigenvalue weighted by Crippen LogP contribution is 2.07. The van der Waals surface area contributed by atoms with Gasteiger partial charge in [0.2, 0.25) is 17.7 Å². The first-order valence-corrected chi connectivity index (χ1v) is 10.7. The fourth-order valence-corrected chi connectivity index (χ4v) is 2.85. The molecular formula is C19H34N4O7S. The van der Waals surface area contributed by atoms with Crippen LogP contribution in [0.15, 0.2) is 0 Å². The Kier molecular flexibility index (Phi) is 12.8. The van der Waals surface area contributed by atoms with E-state index in [0.717, 1.165) is 0 Å². The first kappa shape index (κ1) is 28.7. The summed E-state index contributed by atoms with van der Waals surface area (Å²) < 4.78 is 0. The van der Waals surface area contributed by atoms with Crippen molar-refractivity contribution >= 4 is 42.3 Å². The third-order valence-corrected chi connectivity index (χ3v) is 5.07. The average Bonchev–Trinajstić information content (AvgIpc) is 2.68. The van der Waals surface area contributed by atoms with Gasteiger partial charge in [0.05, 0.1) is 12.5 Å². The Labute approximate surface area is 187 Å². The van der Waals surface area contributed by atoms with E-state index < -0.39 is 60.2 Å². The molecule has 12 heteroatoms. The lowest BCUT2D eigenvalue weighted by atomic mass is 9.99. The van der Waals surface area contributed by atoms with Crippen molar-refractivity contribution in [1.82, 2.24) is 16.0 Å². The molecule has 0 rings (SSSR count). The lowest BCUT2D eigenvalue weighted by Crippen LogP contribution is -2.58. The predicted molar refractivity (Wildman–Crippen MR) is 116 cm³/mol. The summed E-state index contributed by atoms with van der Waals surface area (Å²) in [7, 11) is 0. The van der Waals surface area contributed by atoms with Crippen LogP contribution in [0, 0.1) is 11.8 Å². The summed E-state index contributed by atoms with van der Waals surface area (Å²) in [4.78, 5) is 59.8. The van der Waals surface area contributed by atoms with Crippen LogP contribution in [0.1, 0.15) is 47.0 Å². The van der Waals surface area contributed by atoms with Crippen LogP contribution < -0.4 is 21.7 Å². The number of carbonyl (C=O) groups is 5. The van der Waals surface area contributed by atoms with Gasteiger partial charge >= 0.3 is 11.9 Å². The third kappa shape index (κ3) is 10.5. The molecule has 0 bridgehead atoms. The maximum atomic E-state index is 12.6. The van der Waals surface area contributed by atoms with Crippen LogP contribution in [-0.2, 0) is 24.0 Å². The molecule has 0 aliphatic carbocycles. The Balaban J connectivity index is 5.32. The third-order valence-electron chi connectivity index (χ3n) is 4.71. The van der Waals surface area contributed by atoms with Gasteiger partial charge in [-0.1, -0.05) is 34.1 Å². The Morgan fingerprint density at radius 2 is 1.35 bits per heavy atom. The second-order valence-corrected chi connectivity index (χ2v) is 8.21. The minimum absolute atomic E-state index is 0.0487. The minimum atomic E-state index is -1.54. The van der Waals surface area contributed by atoms with Gasteiger partial charge in [0.25, 0.3) is 0 Å². The molecule has 0 saturated heterocycles. The summed E-state index contributed by atoms with van der Waals surface area (Å²) in [5.41, 5.74) is 5.85. The summed E-state index contributed by atoms with van der Waals surface area (Å²) in [6.07, 6.45) is -0.00283. The highest BCUT2D eigenvalue weighted by molar-refractivity contribution is 7.80. The number of thiol groups is 1. The zero-order valence-corrected chi connectivity index (χ0v) is 19.1. The Morgan fingerprint density at radius 3 is 1.77 bits per heavy atom. The van der Waals surface area contributed by atoms with Gasteiger partial charge in [0, 0.05) is 5.75 Å². The molecule has 31 heavy (non-hydrogen) atoms. The molecule has 0 heterocycles. The van der Waals surface area contributed by atoms with Crippen molar-refractivity contribution in [2.75, 3.05) is 5.75 Å². The molecule has 5 atom stereocenters. The maximum absolute atomic E-state index is 12.6. The van der Waals surface area contributed by atoms with Crippen molar-refractivity contribution in [3.05, 3.63) is 0 Å². The number of carboxylic acids is 2. The molecule has 178 valence electrons. The van der Waals surface area contributed by atoms with Crippen LogP contribution in [-0.4, -0.2) is 69.8 Å². The molecule has 0 spiro atoms. The molecule has 5 unspecified atom stereocenters. The second-order valence-electron chi connectivity index (χ2n) is 7.84. The first-order chi connectivity index (χ1) is 14.3. The lowest BCUT2D eigenvalue weighted by Gasteiger charge is -2.25. The van der Waals surface area contributed by atoms with Gasteiger partial charge in [-0.3, -0.25) is 19.2 Å². The van der Waals surface area contributed by atoms with Crippen LogP contribution in [0.25, 0.3) is 0 Å². The van der Waals surface area contributed by atoms with Gasteiger partial charge in [-0.15, -0.1) is 0 Å². The van der Waals surface area contributed by atoms with E-state index >= 15 is 0 Å². The number of carbonyl (C=O) groups excluding carboxylic acids is 3. The maximum Gasteiger partial charge on any atom is 0.326 e. The summed E-state index contributed by atoms with van der Waals surface area (Å²) >= 11 is 4.03. The van der Waals surface area contributed by atoms with E-state index in [1.165, 1.54) is 0 Å². The van der Waals surface area contributed by atoms with Crippen LogP contribution in [0.5, 0.6) is 0 Å². The van der Waals surface area contributed by atoms with E-state index in [2.05, 4.69) is 28.6 Å². The van der Waals surface area contributed by atoms with E-state index in [1.54, 1.807) is 20.8 Å². The van der Waals surface area contributed by atoms with Crippen LogP contribution in [0.4, 0.5) is 0 Å². The van der Waals surface area contributed by atoms with E-state index in [0.29, 0.717) is 6.42 Å². The van der Waals surface area contributed by atoms with Crippen molar-refractivity contribution in [3.8, 4) is 0 Å². The summed E-state index contributed by atoms with van der Waals surface area (Å²) in [6, 6.07) is -4.80. The standard InChI is InChI=1S/C19H34N4O7S/c1-5-10(4)15(20)18(28)23-13(8-31)17(27)21-11(7-14(24)25)16(26)22-12(19(29)30)6-9(2)3/h9-13,15,31H,5-8,20H2,1-4H3,(H,21,27)(H,22,26)(H,23,28)(H,24,25)(H,29,30). The monoisotopic (exact) mass is 462 g/mol. The summed E-state index contributed by atoms with van der Waals surface area (Å²) in [5.74, 6) is -5.33. The number of nitrogens with one attached hydrogen (secondary N) is 3. The van der Waals surface area contributed by atoms with Crippen molar-refractivity contribution in [1.29, 1.82) is 0 Å². The molecular weight excluding hydrogens is 428 g/mol. The van der Waals surface area contributed by atoms with Crippen molar-refractivity contribution in [2.45, 2.75) is 71.1 Å². The average molecular weight is 463 g/mol. The van der Waals surface area contributed by atoms with Crippen LogP contribution in [0.2, 0.25) is 0 Å². The number of hydrogen-bond acceptors (Lipinski definition) is 7. The normalized spacial score (nSPS) is 15.8. The van der Waals surface area contributed by atoms with Crippen molar-refractivity contribution < 1.29 is 34.2 Å². The van der Waals surface area contributed by atoms with Gasteiger partial charge in [-0.2, -0.15) is 12.6 Å². The van der Waals surface area contributed by atoms with Gasteiger partial charge in [-0.05, 0) is 18.3 Å². The Hall–Kier alpha value is -2.34. The molecule has 7 N–H and O–H groups in total. The van der Waals surface area contributed by atoms with E-state index in [4.69, 9.17) is 10.8 Å². The smallest absolute Gasteiger partial charge is 0.326 e. The number of rotatable bonds is 14. The first-order valence-electron chi connectivity index (χ1n) is 10.1. The minimum Gasteiger partial charge on any atom is -0.481 e. The molecule has 11 nitrogen and oxygen atoms in total. The number of hydrogen-bond donors (Lipinski definition) is 7. The van der Waals surface area contributed by atoms with E-state index in [-0.39, 0.29) is 24.0 Å². The van der Waals surface area contributed by atoms with Crippen molar-refractivity contribution in [3.63, 3.8) is 0 Å². The fraction of sp³-hybridized carbons (Fsp3) is 0.737. The molecule has 0 saturated carbocycles. The molecule has 0 radical (unpaired) electrons. The van der Waals surface area contributed by atoms with E-state index in [1.807, 2.05) is 6.92 Å². The topological polar surface area (TPSA) is 188 Å². The summed E-state index contributed by atoms with van der Waals surface area (Å²) in [5, 5.41) is 25.3. The Bertz CT molecular complexity index is 659.